The maximum absolute atomic E-state index is 2.47. The van der Waals surface area contributed by atoms with Crippen LogP contribution in [0.5, 0.6) is 0 Å². The molecule has 2 aromatic heterocycles. The smallest absolute Gasteiger partial charge is 0.0547 e. The summed E-state index contributed by atoms with van der Waals surface area (Å²) in [6.07, 6.45) is 0. The number of rotatable bonds is 5. The Morgan fingerprint density at radius 3 is 1.68 bits per heavy atom. The Bertz CT molecular complexity index is 3460. The van der Waals surface area contributed by atoms with Crippen LogP contribution in [0.2, 0.25) is 0 Å². The Kier molecular flexibility index (Phi) is 7.34. The first-order chi connectivity index (χ1) is 28.2. The van der Waals surface area contributed by atoms with Gasteiger partial charge >= 0.3 is 0 Å². The van der Waals surface area contributed by atoms with Gasteiger partial charge in [-0.3, -0.25) is 0 Å². The summed E-state index contributed by atoms with van der Waals surface area (Å²) in [5, 5.41) is 12.7. The fourth-order valence-electron chi connectivity index (χ4n) is 8.92. The van der Waals surface area contributed by atoms with Gasteiger partial charge in [-0.2, -0.15) is 0 Å². The summed E-state index contributed by atoms with van der Waals surface area (Å²) >= 11 is 3.81. The van der Waals surface area contributed by atoms with E-state index in [-0.39, 0.29) is 0 Å². The van der Waals surface area contributed by atoms with Gasteiger partial charge in [-0.1, -0.05) is 152 Å². The van der Waals surface area contributed by atoms with Gasteiger partial charge in [0.2, 0.25) is 0 Å². The zero-order chi connectivity index (χ0) is 37.5. The van der Waals surface area contributed by atoms with Gasteiger partial charge in [-0.25, -0.2) is 0 Å². The molecule has 0 aliphatic carbocycles. The molecule has 266 valence electrons. The van der Waals surface area contributed by atoms with Crippen LogP contribution < -0.4 is 4.90 Å². The van der Waals surface area contributed by atoms with Crippen molar-refractivity contribution in [3.8, 4) is 22.3 Å². The largest absolute Gasteiger partial charge is 0.310 e. The molecule has 3 heteroatoms. The van der Waals surface area contributed by atoms with E-state index in [0.29, 0.717) is 0 Å². The lowest BCUT2D eigenvalue weighted by Gasteiger charge is -2.28. The molecule has 0 fully saturated rings. The van der Waals surface area contributed by atoms with Crippen molar-refractivity contribution in [3.63, 3.8) is 0 Å². The summed E-state index contributed by atoms with van der Waals surface area (Å²) in [7, 11) is 0. The monoisotopic (exact) mass is 759 g/mol. The first kappa shape index (κ1) is 32.5. The Morgan fingerprint density at radius 1 is 0.316 bits per heavy atom. The van der Waals surface area contributed by atoms with Crippen LogP contribution in [0, 0.1) is 0 Å². The highest BCUT2D eigenvalue weighted by atomic mass is 32.1. The minimum absolute atomic E-state index is 1.14. The molecule has 0 saturated carbocycles. The fourth-order valence-corrected chi connectivity index (χ4v) is 11.4. The molecule has 1 nitrogen and oxygen atoms in total. The van der Waals surface area contributed by atoms with Gasteiger partial charge in [0.25, 0.3) is 0 Å². The Hall–Kier alpha value is -6.78. The third kappa shape index (κ3) is 5.20. The summed E-state index contributed by atoms with van der Waals surface area (Å²) in [5.41, 5.74) is 8.52. The van der Waals surface area contributed by atoms with Crippen molar-refractivity contribution in [1.29, 1.82) is 0 Å². The maximum Gasteiger partial charge on any atom is 0.0547 e. The zero-order valence-electron chi connectivity index (χ0n) is 30.8. The summed E-state index contributed by atoms with van der Waals surface area (Å²) in [6.45, 7) is 0. The van der Waals surface area contributed by atoms with Gasteiger partial charge in [0, 0.05) is 62.5 Å². The lowest BCUT2D eigenvalue weighted by Crippen LogP contribution is -2.10. The number of thiophene rings is 2. The fraction of sp³-hybridized carbons (Fsp3) is 0. The number of anilines is 3. The van der Waals surface area contributed by atoms with Crippen molar-refractivity contribution in [1.82, 2.24) is 0 Å². The van der Waals surface area contributed by atoms with Crippen molar-refractivity contribution in [2.75, 3.05) is 4.90 Å². The predicted molar refractivity (Wildman–Crippen MR) is 250 cm³/mol. The molecule has 0 aliphatic rings. The van der Waals surface area contributed by atoms with Crippen molar-refractivity contribution < 1.29 is 0 Å². The number of hydrogen-bond acceptors (Lipinski definition) is 3. The van der Waals surface area contributed by atoms with E-state index in [1.165, 1.54) is 101 Å². The van der Waals surface area contributed by atoms with E-state index in [1.54, 1.807) is 0 Å². The first-order valence-electron chi connectivity index (χ1n) is 19.4. The van der Waals surface area contributed by atoms with E-state index in [2.05, 4.69) is 205 Å². The molecule has 0 saturated heterocycles. The molecule has 10 aromatic carbocycles. The summed E-state index contributed by atoms with van der Waals surface area (Å²) < 4.78 is 5.28. The molecule has 0 spiro atoms. The van der Waals surface area contributed by atoms with Crippen molar-refractivity contribution in [2.45, 2.75) is 0 Å². The highest BCUT2D eigenvalue weighted by molar-refractivity contribution is 7.27. The van der Waals surface area contributed by atoms with Crippen LogP contribution in [0.1, 0.15) is 0 Å². The van der Waals surface area contributed by atoms with Gasteiger partial charge in [0.05, 0.1) is 5.69 Å². The van der Waals surface area contributed by atoms with E-state index < -0.39 is 0 Å². The SMILES string of the molecule is c1ccc(-c2cccc3sc4c(-c5ccc6sc7c8ccccc8c(N(c8ccc9ccccc9c8)c8ccc9ccccc9c8)cc7c6c5)cccc4c23)cc1. The number of hydrogen-bond donors (Lipinski definition) is 0. The van der Waals surface area contributed by atoms with Crippen LogP contribution in [0.4, 0.5) is 17.1 Å². The van der Waals surface area contributed by atoms with Gasteiger partial charge in [0.1, 0.15) is 0 Å². The molecule has 0 atom stereocenters. The highest BCUT2D eigenvalue weighted by Crippen LogP contribution is 2.49. The minimum Gasteiger partial charge on any atom is -0.310 e. The molecule has 57 heavy (non-hydrogen) atoms. The van der Waals surface area contributed by atoms with Crippen LogP contribution in [0.15, 0.2) is 200 Å². The molecular weight excluding hydrogens is 727 g/mol. The molecule has 0 radical (unpaired) electrons. The van der Waals surface area contributed by atoms with Crippen LogP contribution in [-0.2, 0) is 0 Å². The molecule has 0 unspecified atom stereocenters. The van der Waals surface area contributed by atoms with Gasteiger partial charge in [-0.05, 0) is 92.3 Å². The summed E-state index contributed by atoms with van der Waals surface area (Å²) in [5.74, 6) is 0. The van der Waals surface area contributed by atoms with E-state index in [9.17, 15) is 0 Å². The summed E-state index contributed by atoms with van der Waals surface area (Å²) in [4.78, 5) is 2.47. The number of nitrogens with zero attached hydrogens (tertiary/aromatic N) is 1. The standard InChI is InChI=1S/C54H33NS2/c1-2-14-36(15-3-1)42-20-11-23-51-52(42)46-22-10-21-43(53(46)57-51)39-26-29-50-47(32-39)48-33-49(44-18-8-9-19-45(44)54(48)56-50)55(40-27-24-34-12-4-6-16-37(34)30-40)41-28-25-35-13-5-7-17-38(35)31-41/h1-33H. The molecule has 0 amide bonds. The second-order valence-electron chi connectivity index (χ2n) is 14.9. The van der Waals surface area contributed by atoms with E-state index in [1.807, 2.05) is 22.7 Å². The first-order valence-corrected chi connectivity index (χ1v) is 21.0. The molecule has 12 aromatic rings. The Labute approximate surface area is 337 Å². The molecule has 0 aliphatic heterocycles. The molecule has 0 bridgehead atoms. The molecular formula is C54H33NS2. The second kappa shape index (κ2) is 12.9. The lowest BCUT2D eigenvalue weighted by atomic mass is 9.96. The normalized spacial score (nSPS) is 11.9. The van der Waals surface area contributed by atoms with E-state index in [0.717, 1.165) is 11.4 Å². The molecule has 0 N–H and O–H groups in total. The third-order valence-electron chi connectivity index (χ3n) is 11.6. The van der Waals surface area contributed by atoms with Crippen LogP contribution >= 0.6 is 22.7 Å². The topological polar surface area (TPSA) is 3.24 Å². The van der Waals surface area contributed by atoms with Gasteiger partial charge in [-0.15, -0.1) is 22.7 Å². The van der Waals surface area contributed by atoms with Gasteiger partial charge in [0.15, 0.2) is 0 Å². The highest BCUT2D eigenvalue weighted by Gasteiger charge is 2.21. The zero-order valence-corrected chi connectivity index (χ0v) is 32.4. The van der Waals surface area contributed by atoms with E-state index >= 15 is 0 Å². The maximum atomic E-state index is 2.47. The predicted octanol–water partition coefficient (Wildman–Crippen LogP) is 16.7. The van der Waals surface area contributed by atoms with Crippen molar-refractivity contribution in [3.05, 3.63) is 200 Å². The average molecular weight is 760 g/mol. The number of benzene rings is 10. The van der Waals surface area contributed by atoms with Crippen LogP contribution in [0.3, 0.4) is 0 Å². The number of fused-ring (bicyclic) bond motifs is 10. The molecule has 2 heterocycles. The molecule has 12 rings (SSSR count). The third-order valence-corrected chi connectivity index (χ3v) is 14.0. The van der Waals surface area contributed by atoms with E-state index in [4.69, 9.17) is 0 Å². The van der Waals surface area contributed by atoms with Crippen LogP contribution in [-0.4, -0.2) is 0 Å². The lowest BCUT2D eigenvalue weighted by molar-refractivity contribution is 1.31. The van der Waals surface area contributed by atoms with Crippen molar-refractivity contribution in [2.24, 2.45) is 0 Å². The quantitative estimate of drug-likeness (QED) is 0.169. The second-order valence-corrected chi connectivity index (χ2v) is 17.0. The van der Waals surface area contributed by atoms with Gasteiger partial charge < -0.3 is 4.90 Å². The Balaban J connectivity index is 1.10. The van der Waals surface area contributed by atoms with Crippen molar-refractivity contribution >= 4 is 112 Å². The average Bonchev–Trinajstić information content (AvgIpc) is 3.85. The Morgan fingerprint density at radius 2 is 0.930 bits per heavy atom. The summed E-state index contributed by atoms with van der Waals surface area (Å²) in [6, 6.07) is 73.9. The minimum atomic E-state index is 1.14. The van der Waals surface area contributed by atoms with Crippen LogP contribution in [0.25, 0.3) is 94.9 Å².